The summed E-state index contributed by atoms with van der Waals surface area (Å²) < 4.78 is 1.75. The van der Waals surface area contributed by atoms with Gasteiger partial charge < -0.3 is 5.32 Å². The molecule has 3 rings (SSSR count). The van der Waals surface area contributed by atoms with Gasteiger partial charge in [-0.15, -0.1) is 5.10 Å². The summed E-state index contributed by atoms with van der Waals surface area (Å²) in [6, 6.07) is 4.23. The summed E-state index contributed by atoms with van der Waals surface area (Å²) in [7, 11) is 0. The van der Waals surface area contributed by atoms with Gasteiger partial charge in [-0.3, -0.25) is 4.57 Å². The van der Waals surface area contributed by atoms with Crippen LogP contribution in [0.2, 0.25) is 0 Å². The maximum Gasteiger partial charge on any atom is 0.344 e. The standard InChI is InChI=1S/C13H17N5OS/c1-2-6-14-11-8-10(5-7-15-11)20-13-17-16-12(19)18(13)9-3-4-9/h5,7-9H,2-4,6H2,1H3,(H,14,15)(H,16,19). The van der Waals surface area contributed by atoms with Crippen molar-refractivity contribution in [2.75, 3.05) is 11.9 Å². The van der Waals surface area contributed by atoms with E-state index in [1.54, 1.807) is 10.8 Å². The molecule has 0 amide bonds. The average molecular weight is 291 g/mol. The number of hydrogen-bond acceptors (Lipinski definition) is 5. The van der Waals surface area contributed by atoms with E-state index in [2.05, 4.69) is 27.4 Å². The molecular formula is C13H17N5OS. The minimum atomic E-state index is -0.117. The molecule has 2 aromatic rings. The lowest BCUT2D eigenvalue weighted by molar-refractivity contribution is 0.642. The molecule has 7 heteroatoms. The van der Waals surface area contributed by atoms with Crippen molar-refractivity contribution in [2.24, 2.45) is 0 Å². The zero-order valence-electron chi connectivity index (χ0n) is 11.3. The van der Waals surface area contributed by atoms with Crippen molar-refractivity contribution < 1.29 is 0 Å². The molecule has 1 aliphatic carbocycles. The summed E-state index contributed by atoms with van der Waals surface area (Å²) in [6.07, 6.45) is 4.95. The predicted octanol–water partition coefficient (Wildman–Crippen LogP) is 2.27. The molecule has 0 radical (unpaired) electrons. The lowest BCUT2D eigenvalue weighted by Crippen LogP contribution is -2.16. The first-order chi connectivity index (χ1) is 9.78. The molecule has 0 aliphatic heterocycles. The van der Waals surface area contributed by atoms with Crippen LogP contribution < -0.4 is 11.0 Å². The summed E-state index contributed by atoms with van der Waals surface area (Å²) in [5, 5.41) is 10.6. The summed E-state index contributed by atoms with van der Waals surface area (Å²) in [4.78, 5) is 17.0. The molecule has 2 heterocycles. The Bertz CT molecular complexity index is 646. The fourth-order valence-electron chi connectivity index (χ4n) is 1.95. The summed E-state index contributed by atoms with van der Waals surface area (Å²) >= 11 is 1.49. The Balaban J connectivity index is 1.79. The third-order valence-electron chi connectivity index (χ3n) is 3.08. The van der Waals surface area contributed by atoms with Crippen LogP contribution in [0.5, 0.6) is 0 Å². The van der Waals surface area contributed by atoms with Gasteiger partial charge >= 0.3 is 5.69 Å². The van der Waals surface area contributed by atoms with E-state index in [9.17, 15) is 4.79 Å². The van der Waals surface area contributed by atoms with Crippen LogP contribution in [0.1, 0.15) is 32.2 Å². The molecule has 0 unspecified atom stereocenters. The van der Waals surface area contributed by atoms with E-state index >= 15 is 0 Å². The first-order valence-electron chi connectivity index (χ1n) is 6.82. The Labute approximate surface area is 121 Å². The molecule has 6 nitrogen and oxygen atoms in total. The van der Waals surface area contributed by atoms with E-state index in [1.807, 2.05) is 12.1 Å². The van der Waals surface area contributed by atoms with Gasteiger partial charge in [0.1, 0.15) is 5.82 Å². The van der Waals surface area contributed by atoms with E-state index in [-0.39, 0.29) is 5.69 Å². The van der Waals surface area contributed by atoms with Gasteiger partial charge in [0.05, 0.1) is 0 Å². The number of nitrogens with zero attached hydrogens (tertiary/aromatic N) is 3. The fraction of sp³-hybridized carbons (Fsp3) is 0.462. The normalized spacial score (nSPS) is 14.4. The van der Waals surface area contributed by atoms with E-state index in [1.165, 1.54) is 11.8 Å². The van der Waals surface area contributed by atoms with Crippen molar-refractivity contribution in [1.29, 1.82) is 0 Å². The average Bonchev–Trinajstić information content (AvgIpc) is 3.22. The highest BCUT2D eigenvalue weighted by Crippen LogP contribution is 2.37. The Hall–Kier alpha value is -1.76. The molecular weight excluding hydrogens is 274 g/mol. The number of rotatable bonds is 6. The molecule has 0 bridgehead atoms. The molecule has 0 atom stereocenters. The largest absolute Gasteiger partial charge is 0.370 e. The van der Waals surface area contributed by atoms with Crippen LogP contribution in [0.4, 0.5) is 5.82 Å². The Kier molecular flexibility index (Phi) is 3.77. The van der Waals surface area contributed by atoms with Gasteiger partial charge in [-0.05, 0) is 43.2 Å². The number of nitrogens with one attached hydrogen (secondary N) is 2. The SMILES string of the molecule is CCCNc1cc(Sc2n[nH]c(=O)n2C2CC2)ccn1. The van der Waals surface area contributed by atoms with Gasteiger partial charge in [0.2, 0.25) is 0 Å². The van der Waals surface area contributed by atoms with E-state index < -0.39 is 0 Å². The van der Waals surface area contributed by atoms with E-state index in [4.69, 9.17) is 0 Å². The van der Waals surface area contributed by atoms with Crippen LogP contribution in [0.15, 0.2) is 33.2 Å². The highest BCUT2D eigenvalue weighted by molar-refractivity contribution is 7.99. The molecule has 0 aromatic carbocycles. The fourth-order valence-corrected chi connectivity index (χ4v) is 2.88. The maximum atomic E-state index is 11.7. The highest BCUT2D eigenvalue weighted by Gasteiger charge is 2.28. The molecule has 1 saturated carbocycles. The van der Waals surface area contributed by atoms with E-state index in [0.717, 1.165) is 41.7 Å². The van der Waals surface area contributed by atoms with Crippen molar-refractivity contribution in [2.45, 2.75) is 42.3 Å². The van der Waals surface area contributed by atoms with Gasteiger partial charge in [0.25, 0.3) is 0 Å². The van der Waals surface area contributed by atoms with Gasteiger partial charge in [0.15, 0.2) is 5.16 Å². The lowest BCUT2D eigenvalue weighted by Gasteiger charge is -2.06. The number of H-pyrrole nitrogens is 1. The van der Waals surface area contributed by atoms with Crippen LogP contribution in [0, 0.1) is 0 Å². The van der Waals surface area contributed by atoms with Crippen LogP contribution in [-0.4, -0.2) is 26.3 Å². The summed E-state index contributed by atoms with van der Waals surface area (Å²) in [5.41, 5.74) is -0.117. The second-order valence-electron chi connectivity index (χ2n) is 4.82. The summed E-state index contributed by atoms with van der Waals surface area (Å²) in [6.45, 7) is 3.01. The number of anilines is 1. The monoisotopic (exact) mass is 291 g/mol. The molecule has 106 valence electrons. The third-order valence-corrected chi connectivity index (χ3v) is 4.04. The number of pyridine rings is 1. The zero-order chi connectivity index (χ0) is 13.9. The first kappa shape index (κ1) is 13.2. The lowest BCUT2D eigenvalue weighted by atomic mass is 10.4. The number of aromatic nitrogens is 4. The maximum absolute atomic E-state index is 11.7. The predicted molar refractivity (Wildman–Crippen MR) is 78.3 cm³/mol. The van der Waals surface area contributed by atoms with Crippen molar-refractivity contribution in [1.82, 2.24) is 19.7 Å². The van der Waals surface area contributed by atoms with Crippen LogP contribution >= 0.6 is 11.8 Å². The van der Waals surface area contributed by atoms with Crippen molar-refractivity contribution >= 4 is 17.6 Å². The van der Waals surface area contributed by atoms with Crippen LogP contribution in [0.3, 0.4) is 0 Å². The van der Waals surface area contributed by atoms with Crippen LogP contribution in [0.25, 0.3) is 0 Å². The Morgan fingerprint density at radius 3 is 3.15 bits per heavy atom. The highest BCUT2D eigenvalue weighted by atomic mass is 32.2. The smallest absolute Gasteiger partial charge is 0.344 e. The second-order valence-corrected chi connectivity index (χ2v) is 5.86. The number of hydrogen-bond donors (Lipinski definition) is 2. The molecule has 1 aliphatic rings. The van der Waals surface area contributed by atoms with Gasteiger partial charge in [-0.2, -0.15) is 0 Å². The topological polar surface area (TPSA) is 75.6 Å². The Morgan fingerprint density at radius 2 is 2.40 bits per heavy atom. The second kappa shape index (κ2) is 5.70. The number of aromatic amines is 1. The molecule has 2 aromatic heterocycles. The summed E-state index contributed by atoms with van der Waals surface area (Å²) in [5.74, 6) is 0.854. The van der Waals surface area contributed by atoms with Crippen molar-refractivity contribution in [3.05, 3.63) is 28.8 Å². The molecule has 2 N–H and O–H groups in total. The molecule has 0 saturated heterocycles. The molecule has 0 spiro atoms. The molecule has 20 heavy (non-hydrogen) atoms. The zero-order valence-corrected chi connectivity index (χ0v) is 12.1. The Morgan fingerprint density at radius 1 is 1.55 bits per heavy atom. The minimum Gasteiger partial charge on any atom is -0.370 e. The molecule has 1 fully saturated rings. The van der Waals surface area contributed by atoms with Crippen LogP contribution in [-0.2, 0) is 0 Å². The van der Waals surface area contributed by atoms with Crippen molar-refractivity contribution in [3.8, 4) is 0 Å². The quantitative estimate of drug-likeness (QED) is 0.854. The first-order valence-corrected chi connectivity index (χ1v) is 7.64. The van der Waals surface area contributed by atoms with E-state index in [0.29, 0.717) is 6.04 Å². The van der Waals surface area contributed by atoms with Gasteiger partial charge in [-0.25, -0.2) is 14.9 Å². The third kappa shape index (κ3) is 2.87. The minimum absolute atomic E-state index is 0.117. The van der Waals surface area contributed by atoms with Crippen molar-refractivity contribution in [3.63, 3.8) is 0 Å². The van der Waals surface area contributed by atoms with Gasteiger partial charge in [-0.1, -0.05) is 6.92 Å². The van der Waals surface area contributed by atoms with Gasteiger partial charge in [0, 0.05) is 23.7 Å².